The third-order valence-electron chi connectivity index (χ3n) is 6.79. The Morgan fingerprint density at radius 2 is 1.16 bits per heavy atom. The van der Waals surface area contributed by atoms with Crippen LogP contribution in [0.15, 0.2) is 30.3 Å². The van der Waals surface area contributed by atoms with Gasteiger partial charge in [0, 0.05) is 19.3 Å². The quantitative estimate of drug-likeness (QED) is 0.0547. The molecule has 0 heterocycles. The molecule has 0 spiro atoms. The minimum absolute atomic E-state index is 0.154. The van der Waals surface area contributed by atoms with Gasteiger partial charge in [0.1, 0.15) is 30.2 Å². The number of hydrogen-bond acceptors (Lipinski definition) is 11. The molecule has 1 rings (SSSR count). The van der Waals surface area contributed by atoms with Crippen molar-refractivity contribution in [3.8, 4) is 0 Å². The van der Waals surface area contributed by atoms with Gasteiger partial charge in [0.15, 0.2) is 0 Å². The molecule has 0 radical (unpaired) electrons. The highest BCUT2D eigenvalue weighted by atomic mass is 16.4. The van der Waals surface area contributed by atoms with Gasteiger partial charge in [-0.15, -0.1) is 0 Å². The van der Waals surface area contributed by atoms with Crippen LogP contribution in [0.5, 0.6) is 0 Å². The predicted octanol–water partition coefficient (Wildman–Crippen LogP) is -4.32. The fraction of sp³-hybridized carbons (Fsp3) is 0.483. The maximum atomic E-state index is 13.1. The van der Waals surface area contributed by atoms with Gasteiger partial charge in [-0.25, -0.2) is 4.79 Å². The molecule has 1 aromatic rings. The number of nitrogens with one attached hydrogen (secondary N) is 5. The number of aliphatic hydroxyl groups excluding tert-OH is 1. The number of benzene rings is 1. The molecule has 20 nitrogen and oxygen atoms in total. The van der Waals surface area contributed by atoms with Crippen molar-refractivity contribution in [2.45, 2.75) is 81.7 Å². The van der Waals surface area contributed by atoms with Crippen LogP contribution in [0, 0.1) is 0 Å². The van der Waals surface area contributed by atoms with Crippen molar-refractivity contribution in [2.75, 3.05) is 6.61 Å². The van der Waals surface area contributed by atoms with Crippen molar-refractivity contribution >= 4 is 53.4 Å². The minimum Gasteiger partial charge on any atom is -0.481 e. The Balaban J connectivity index is 3.04. The highest BCUT2D eigenvalue weighted by Crippen LogP contribution is 2.07. The first-order chi connectivity index (χ1) is 22.9. The van der Waals surface area contributed by atoms with E-state index < -0.39 is 115 Å². The van der Waals surface area contributed by atoms with E-state index in [9.17, 15) is 53.4 Å². The number of carboxylic acid groups (broad SMARTS) is 3. The van der Waals surface area contributed by atoms with E-state index in [1.165, 1.54) is 0 Å². The molecule has 6 atom stereocenters. The van der Waals surface area contributed by atoms with Gasteiger partial charge < -0.3 is 58.5 Å². The van der Waals surface area contributed by atoms with E-state index in [1.54, 1.807) is 30.3 Å². The summed E-state index contributed by atoms with van der Waals surface area (Å²) in [4.78, 5) is 109. The summed E-state index contributed by atoms with van der Waals surface area (Å²) in [6, 6.07) is -1.01. The molecule has 20 heteroatoms. The van der Waals surface area contributed by atoms with Crippen LogP contribution in [0.1, 0.15) is 44.6 Å². The Labute approximate surface area is 279 Å². The van der Waals surface area contributed by atoms with E-state index in [0.717, 1.165) is 6.92 Å². The zero-order chi connectivity index (χ0) is 37.3. The fourth-order valence-electron chi connectivity index (χ4n) is 4.11. The summed E-state index contributed by atoms with van der Waals surface area (Å²) in [5.74, 6) is -10.2. The Kier molecular flexibility index (Phi) is 17.4. The lowest BCUT2D eigenvalue weighted by atomic mass is 10.0. The summed E-state index contributed by atoms with van der Waals surface area (Å²) in [6.07, 6.45) is -2.69. The molecule has 0 saturated heterocycles. The number of carboxylic acids is 3. The number of carbonyl (C=O) groups excluding carboxylic acids is 6. The highest BCUT2D eigenvalue weighted by Gasteiger charge is 2.32. The smallest absolute Gasteiger partial charge is 0.326 e. The van der Waals surface area contributed by atoms with E-state index in [0.29, 0.717) is 5.56 Å². The molecule has 49 heavy (non-hydrogen) atoms. The molecule has 0 unspecified atom stereocenters. The summed E-state index contributed by atoms with van der Waals surface area (Å²) < 4.78 is 0. The maximum Gasteiger partial charge on any atom is 0.326 e. The van der Waals surface area contributed by atoms with E-state index >= 15 is 0 Å². The first-order valence-corrected chi connectivity index (χ1v) is 14.8. The second kappa shape index (κ2) is 20.6. The molecule has 0 aliphatic carbocycles. The van der Waals surface area contributed by atoms with Crippen molar-refractivity contribution in [1.29, 1.82) is 0 Å². The lowest BCUT2D eigenvalue weighted by molar-refractivity contribution is -0.142. The Bertz CT molecular complexity index is 1380. The van der Waals surface area contributed by atoms with Crippen LogP contribution in [0.2, 0.25) is 0 Å². The standard InChI is InChI=1S/C29H41N7O13/c1-14(32-26(45)17(8-10-22(39)40)33-25(44)16(30)12-23(41)42)24(43)36-20(13-37)28(47)35-19(11-15-5-3-2-4-6-15)27(46)34-18(29(48)49)7-9-21(31)38/h2-6,14,16-20,37H,7-13,30H2,1H3,(H2,31,38)(H,32,45)(H,33,44)(H,34,46)(H,35,47)(H,36,43)(H,39,40)(H,41,42)(H,48,49)/t14-,16-,17-,18-,19-,20-/m0/s1. The van der Waals surface area contributed by atoms with E-state index in [1.807, 2.05) is 0 Å². The fourth-order valence-corrected chi connectivity index (χ4v) is 4.11. The Hall–Kier alpha value is -5.63. The lowest BCUT2D eigenvalue weighted by Gasteiger charge is -2.25. The van der Waals surface area contributed by atoms with Gasteiger partial charge in [-0.2, -0.15) is 0 Å². The zero-order valence-corrected chi connectivity index (χ0v) is 26.4. The van der Waals surface area contributed by atoms with E-state index in [-0.39, 0.29) is 19.3 Å². The normalized spacial score (nSPS) is 14.3. The minimum atomic E-state index is -1.69. The molecule has 0 fully saturated rings. The second-order valence-corrected chi connectivity index (χ2v) is 10.8. The largest absolute Gasteiger partial charge is 0.481 e. The number of primary amides is 1. The molecule has 6 amide bonds. The third-order valence-corrected chi connectivity index (χ3v) is 6.79. The lowest BCUT2D eigenvalue weighted by Crippen LogP contribution is -2.59. The topological polar surface area (TPSA) is 347 Å². The second-order valence-electron chi connectivity index (χ2n) is 10.8. The zero-order valence-electron chi connectivity index (χ0n) is 26.4. The average molecular weight is 696 g/mol. The molecular weight excluding hydrogens is 654 g/mol. The first-order valence-electron chi connectivity index (χ1n) is 14.8. The molecule has 270 valence electrons. The van der Waals surface area contributed by atoms with Crippen molar-refractivity contribution < 1.29 is 63.6 Å². The van der Waals surface area contributed by atoms with Gasteiger partial charge in [0.05, 0.1) is 19.1 Å². The van der Waals surface area contributed by atoms with Crippen LogP contribution >= 0.6 is 0 Å². The predicted molar refractivity (Wildman–Crippen MR) is 166 cm³/mol. The van der Waals surface area contributed by atoms with Crippen LogP contribution in [-0.4, -0.2) is 117 Å². The molecule has 0 saturated carbocycles. The number of carbonyl (C=O) groups is 9. The van der Waals surface area contributed by atoms with Crippen LogP contribution in [0.4, 0.5) is 0 Å². The van der Waals surface area contributed by atoms with Crippen LogP contribution in [-0.2, 0) is 49.6 Å². The van der Waals surface area contributed by atoms with Crippen LogP contribution < -0.4 is 38.1 Å². The van der Waals surface area contributed by atoms with Crippen molar-refractivity contribution in [3.63, 3.8) is 0 Å². The van der Waals surface area contributed by atoms with Gasteiger partial charge >= 0.3 is 17.9 Å². The van der Waals surface area contributed by atoms with Crippen molar-refractivity contribution in [3.05, 3.63) is 35.9 Å². The maximum absolute atomic E-state index is 13.1. The van der Waals surface area contributed by atoms with Crippen LogP contribution in [0.3, 0.4) is 0 Å². The molecule has 13 N–H and O–H groups in total. The highest BCUT2D eigenvalue weighted by molar-refractivity contribution is 5.96. The van der Waals surface area contributed by atoms with Crippen molar-refractivity contribution in [1.82, 2.24) is 26.6 Å². The molecule has 0 aliphatic heterocycles. The summed E-state index contributed by atoms with van der Waals surface area (Å²) in [5, 5.41) is 48.3. The van der Waals surface area contributed by atoms with Gasteiger partial charge in [-0.1, -0.05) is 30.3 Å². The summed E-state index contributed by atoms with van der Waals surface area (Å²) in [7, 11) is 0. The van der Waals surface area contributed by atoms with Gasteiger partial charge in [0.25, 0.3) is 0 Å². The monoisotopic (exact) mass is 695 g/mol. The SMILES string of the molecule is C[C@H](NC(=O)[C@H](CCC(=O)O)NC(=O)[C@@H](N)CC(=O)O)C(=O)N[C@@H](CO)C(=O)N[C@@H](Cc1ccccc1)C(=O)N[C@@H](CCC(N)=O)C(=O)O. The molecule has 0 aromatic heterocycles. The molecular formula is C29H41N7O13. The summed E-state index contributed by atoms with van der Waals surface area (Å²) in [5.41, 5.74) is 11.1. The first kappa shape index (κ1) is 41.4. The number of aliphatic carboxylic acids is 3. The Morgan fingerprint density at radius 3 is 1.69 bits per heavy atom. The summed E-state index contributed by atoms with van der Waals surface area (Å²) in [6.45, 7) is 0.169. The number of nitrogens with two attached hydrogens (primary N) is 2. The van der Waals surface area contributed by atoms with Gasteiger partial charge in [0.2, 0.25) is 35.4 Å². The molecule has 0 aliphatic rings. The number of amides is 6. The number of hydrogen-bond donors (Lipinski definition) is 11. The summed E-state index contributed by atoms with van der Waals surface area (Å²) >= 11 is 0. The number of rotatable bonds is 22. The number of aliphatic hydroxyl groups is 1. The van der Waals surface area contributed by atoms with Crippen LogP contribution in [0.25, 0.3) is 0 Å². The molecule has 0 bridgehead atoms. The Morgan fingerprint density at radius 1 is 0.653 bits per heavy atom. The van der Waals surface area contributed by atoms with E-state index in [2.05, 4.69) is 26.6 Å². The molecule has 1 aromatic carbocycles. The van der Waals surface area contributed by atoms with Gasteiger partial charge in [-0.3, -0.25) is 38.4 Å². The van der Waals surface area contributed by atoms with E-state index in [4.69, 9.17) is 21.7 Å². The van der Waals surface area contributed by atoms with Crippen molar-refractivity contribution in [2.24, 2.45) is 11.5 Å². The van der Waals surface area contributed by atoms with Gasteiger partial charge in [-0.05, 0) is 25.3 Å². The average Bonchev–Trinajstić information content (AvgIpc) is 3.02. The third kappa shape index (κ3) is 15.7.